The molecule has 2 nitrogen and oxygen atoms in total. The Morgan fingerprint density at radius 3 is 2.21 bits per heavy atom. The molecule has 2 atom stereocenters. The minimum atomic E-state index is -0.577. The van der Waals surface area contributed by atoms with Crippen LogP contribution in [0.5, 0.6) is 0 Å². The van der Waals surface area contributed by atoms with Crippen molar-refractivity contribution in [1.82, 2.24) is 0 Å². The van der Waals surface area contributed by atoms with Crippen LogP contribution in [-0.2, 0) is 4.79 Å². The molecule has 0 aliphatic heterocycles. The molecule has 0 heterocycles. The second-order valence-corrected chi connectivity index (χ2v) is 5.28. The Labute approximate surface area is 85.7 Å². The van der Waals surface area contributed by atoms with E-state index >= 15 is 0 Å². The minimum Gasteiger partial charge on any atom is -0.481 e. The largest absolute Gasteiger partial charge is 0.481 e. The zero-order valence-electron chi connectivity index (χ0n) is 8.96. The van der Waals surface area contributed by atoms with Gasteiger partial charge in [-0.15, -0.1) is 0 Å². The predicted octanol–water partition coefficient (Wildman–Crippen LogP) is 3.07. The first-order valence-corrected chi connectivity index (χ1v) is 5.88. The fourth-order valence-corrected chi connectivity index (χ4v) is 3.04. The third-order valence-corrected chi connectivity index (χ3v) is 4.26. The molecule has 2 saturated carbocycles. The molecule has 2 aliphatic carbocycles. The van der Waals surface area contributed by atoms with Gasteiger partial charge in [0.1, 0.15) is 0 Å². The Morgan fingerprint density at radius 1 is 1.21 bits per heavy atom. The van der Waals surface area contributed by atoms with Crippen LogP contribution in [0.1, 0.15) is 51.9 Å². The third-order valence-electron chi connectivity index (χ3n) is 4.26. The topological polar surface area (TPSA) is 37.3 Å². The highest BCUT2D eigenvalue weighted by molar-refractivity contribution is 5.78. The second kappa shape index (κ2) is 3.56. The van der Waals surface area contributed by atoms with Gasteiger partial charge in [0, 0.05) is 0 Å². The van der Waals surface area contributed by atoms with Crippen molar-refractivity contribution in [2.45, 2.75) is 51.9 Å². The van der Waals surface area contributed by atoms with Crippen molar-refractivity contribution in [2.75, 3.05) is 0 Å². The van der Waals surface area contributed by atoms with E-state index in [4.69, 9.17) is 5.11 Å². The van der Waals surface area contributed by atoms with E-state index in [1.54, 1.807) is 0 Å². The molecule has 14 heavy (non-hydrogen) atoms. The molecular weight excluding hydrogens is 176 g/mol. The van der Waals surface area contributed by atoms with Gasteiger partial charge in [-0.25, -0.2) is 0 Å². The molecule has 0 radical (unpaired) electrons. The van der Waals surface area contributed by atoms with Gasteiger partial charge in [0.2, 0.25) is 0 Å². The quantitative estimate of drug-likeness (QED) is 0.689. The van der Waals surface area contributed by atoms with Crippen LogP contribution in [0.25, 0.3) is 0 Å². The van der Waals surface area contributed by atoms with E-state index in [1.807, 2.05) is 6.92 Å². The highest BCUT2D eigenvalue weighted by Crippen LogP contribution is 2.58. The average molecular weight is 196 g/mol. The van der Waals surface area contributed by atoms with Crippen LogP contribution >= 0.6 is 0 Å². The zero-order valence-corrected chi connectivity index (χ0v) is 8.96. The lowest BCUT2D eigenvalue weighted by Gasteiger charge is -2.15. The van der Waals surface area contributed by atoms with Gasteiger partial charge < -0.3 is 5.11 Å². The van der Waals surface area contributed by atoms with Crippen LogP contribution in [0.15, 0.2) is 0 Å². The molecule has 80 valence electrons. The van der Waals surface area contributed by atoms with Crippen molar-refractivity contribution in [2.24, 2.45) is 17.3 Å². The lowest BCUT2D eigenvalue weighted by Crippen LogP contribution is -2.17. The maximum Gasteiger partial charge on any atom is 0.309 e. The van der Waals surface area contributed by atoms with Crippen LogP contribution < -0.4 is 0 Å². The van der Waals surface area contributed by atoms with Crippen LogP contribution in [-0.4, -0.2) is 11.1 Å². The van der Waals surface area contributed by atoms with Crippen LogP contribution in [0.2, 0.25) is 0 Å². The normalized spacial score (nSPS) is 39.1. The molecule has 0 aromatic rings. The number of carboxylic acid groups (broad SMARTS) is 1. The zero-order chi connectivity index (χ0) is 10.2. The SMILES string of the molecule is CC1(C(=O)O)CC1C1CCCCCC1. The Hall–Kier alpha value is -0.530. The molecule has 0 spiro atoms. The Balaban J connectivity index is 1.94. The first-order valence-electron chi connectivity index (χ1n) is 5.88. The summed E-state index contributed by atoms with van der Waals surface area (Å²) in [5, 5.41) is 9.08. The van der Waals surface area contributed by atoms with Gasteiger partial charge in [0.15, 0.2) is 0 Å². The number of aliphatic carboxylic acids is 1. The average Bonchev–Trinajstić information content (AvgIpc) is 2.85. The molecule has 2 aliphatic rings. The van der Waals surface area contributed by atoms with Gasteiger partial charge in [0.25, 0.3) is 0 Å². The standard InChI is InChI=1S/C12H20O2/c1-12(11(13)14)8-10(12)9-6-4-2-3-5-7-9/h9-10H,2-8H2,1H3,(H,13,14). The number of rotatable bonds is 2. The first kappa shape index (κ1) is 10.0. The van der Waals surface area contributed by atoms with Gasteiger partial charge in [-0.05, 0) is 25.2 Å². The Kier molecular flexibility index (Phi) is 2.54. The van der Waals surface area contributed by atoms with E-state index in [9.17, 15) is 4.79 Å². The van der Waals surface area contributed by atoms with Crippen molar-refractivity contribution in [3.05, 3.63) is 0 Å². The van der Waals surface area contributed by atoms with E-state index in [0.29, 0.717) is 11.8 Å². The smallest absolute Gasteiger partial charge is 0.309 e. The highest BCUT2D eigenvalue weighted by Gasteiger charge is 2.58. The second-order valence-electron chi connectivity index (χ2n) is 5.28. The van der Waals surface area contributed by atoms with Crippen LogP contribution in [0.3, 0.4) is 0 Å². The molecule has 0 saturated heterocycles. The summed E-state index contributed by atoms with van der Waals surface area (Å²) in [6, 6.07) is 0. The van der Waals surface area contributed by atoms with E-state index in [2.05, 4.69) is 0 Å². The van der Waals surface area contributed by atoms with Gasteiger partial charge >= 0.3 is 5.97 Å². The predicted molar refractivity (Wildman–Crippen MR) is 55.0 cm³/mol. The maximum absolute atomic E-state index is 11.0. The Bertz CT molecular complexity index is 228. The molecule has 0 aromatic heterocycles. The highest BCUT2D eigenvalue weighted by atomic mass is 16.4. The van der Waals surface area contributed by atoms with Gasteiger partial charge in [-0.2, -0.15) is 0 Å². The van der Waals surface area contributed by atoms with E-state index in [1.165, 1.54) is 38.5 Å². The lowest BCUT2D eigenvalue weighted by molar-refractivity contribution is -0.143. The molecule has 2 rings (SSSR count). The van der Waals surface area contributed by atoms with E-state index in [0.717, 1.165) is 6.42 Å². The molecule has 0 bridgehead atoms. The molecule has 2 unspecified atom stereocenters. The van der Waals surface area contributed by atoms with E-state index in [-0.39, 0.29) is 5.41 Å². The lowest BCUT2D eigenvalue weighted by atomic mass is 9.90. The fraction of sp³-hybridized carbons (Fsp3) is 0.917. The summed E-state index contributed by atoms with van der Waals surface area (Å²) in [6.07, 6.45) is 8.81. The first-order chi connectivity index (χ1) is 6.64. The minimum absolute atomic E-state index is 0.366. The van der Waals surface area contributed by atoms with Crippen molar-refractivity contribution >= 4 is 5.97 Å². The summed E-state index contributed by atoms with van der Waals surface area (Å²) in [6.45, 7) is 1.92. The summed E-state index contributed by atoms with van der Waals surface area (Å²) >= 11 is 0. The van der Waals surface area contributed by atoms with Crippen molar-refractivity contribution in [3.8, 4) is 0 Å². The van der Waals surface area contributed by atoms with Crippen molar-refractivity contribution in [1.29, 1.82) is 0 Å². The molecule has 0 aromatic carbocycles. The number of hydrogen-bond donors (Lipinski definition) is 1. The number of carbonyl (C=O) groups is 1. The summed E-state index contributed by atoms with van der Waals surface area (Å²) < 4.78 is 0. The molecule has 1 N–H and O–H groups in total. The summed E-state index contributed by atoms with van der Waals surface area (Å²) in [7, 11) is 0. The van der Waals surface area contributed by atoms with Gasteiger partial charge in [-0.1, -0.05) is 38.5 Å². The van der Waals surface area contributed by atoms with E-state index < -0.39 is 5.97 Å². The Morgan fingerprint density at radius 2 is 1.79 bits per heavy atom. The number of hydrogen-bond acceptors (Lipinski definition) is 1. The fourth-order valence-electron chi connectivity index (χ4n) is 3.04. The van der Waals surface area contributed by atoms with Gasteiger partial charge in [-0.3, -0.25) is 4.79 Å². The molecule has 2 fully saturated rings. The molecular formula is C12H20O2. The van der Waals surface area contributed by atoms with Crippen LogP contribution in [0.4, 0.5) is 0 Å². The van der Waals surface area contributed by atoms with Gasteiger partial charge in [0.05, 0.1) is 5.41 Å². The third kappa shape index (κ3) is 1.67. The number of carboxylic acids is 1. The van der Waals surface area contributed by atoms with Crippen molar-refractivity contribution in [3.63, 3.8) is 0 Å². The molecule has 0 amide bonds. The summed E-state index contributed by atoms with van der Waals surface area (Å²) in [5.74, 6) is 0.614. The van der Waals surface area contributed by atoms with Crippen LogP contribution in [0, 0.1) is 17.3 Å². The summed E-state index contributed by atoms with van der Waals surface area (Å²) in [4.78, 5) is 11.0. The monoisotopic (exact) mass is 196 g/mol. The molecule has 2 heteroatoms. The maximum atomic E-state index is 11.0. The summed E-state index contributed by atoms with van der Waals surface area (Å²) in [5.41, 5.74) is -0.366. The van der Waals surface area contributed by atoms with Crippen molar-refractivity contribution < 1.29 is 9.90 Å².